The molecule has 0 spiro atoms. The van der Waals surface area contributed by atoms with Gasteiger partial charge in [0.2, 0.25) is 10.0 Å². The summed E-state index contributed by atoms with van der Waals surface area (Å²) in [5.74, 6) is 0.790. The fourth-order valence-corrected chi connectivity index (χ4v) is 5.16. The molecule has 1 saturated carbocycles. The average molecular weight is 440 g/mol. The largest absolute Gasteiger partial charge is 0.497 e. The van der Waals surface area contributed by atoms with E-state index in [1.165, 1.54) is 0 Å². The van der Waals surface area contributed by atoms with Gasteiger partial charge in [-0.2, -0.15) is 5.10 Å². The van der Waals surface area contributed by atoms with Gasteiger partial charge in [-0.05, 0) is 56.2 Å². The summed E-state index contributed by atoms with van der Waals surface area (Å²) in [7, 11) is -1.83. The minimum atomic E-state index is -3.48. The SMILES string of the molecule is COc1ccc(-n2nc(-c3ccc(S(=O)(=O)NC4CC4)cc3)c3c2C[C@H](C)OC3)cc1. The van der Waals surface area contributed by atoms with E-state index in [1.54, 1.807) is 19.2 Å². The minimum absolute atomic E-state index is 0.0797. The molecule has 1 N–H and O–H groups in total. The molecule has 2 heterocycles. The van der Waals surface area contributed by atoms with Crippen molar-refractivity contribution in [2.75, 3.05) is 7.11 Å². The molecule has 2 aliphatic rings. The molecule has 162 valence electrons. The van der Waals surface area contributed by atoms with Gasteiger partial charge >= 0.3 is 0 Å². The van der Waals surface area contributed by atoms with Crippen LogP contribution < -0.4 is 9.46 Å². The Morgan fingerprint density at radius 1 is 1.10 bits per heavy atom. The first-order valence-corrected chi connectivity index (χ1v) is 11.9. The lowest BCUT2D eigenvalue weighted by atomic mass is 10.0. The minimum Gasteiger partial charge on any atom is -0.497 e. The number of aromatic nitrogens is 2. The number of sulfonamides is 1. The third kappa shape index (κ3) is 3.98. The quantitative estimate of drug-likeness (QED) is 0.636. The second-order valence-electron chi connectivity index (χ2n) is 8.13. The highest BCUT2D eigenvalue weighted by Gasteiger charge is 2.29. The third-order valence-corrected chi connectivity index (χ3v) is 7.27. The molecule has 1 fully saturated rings. The van der Waals surface area contributed by atoms with Crippen LogP contribution in [0, 0.1) is 0 Å². The fourth-order valence-electron chi connectivity index (χ4n) is 3.85. The molecule has 8 heteroatoms. The standard InChI is InChI=1S/C23H25N3O4S/c1-15-13-22-21(14-30-15)23(24-26(22)18-7-9-19(29-2)10-8-18)16-3-11-20(12-4-16)31(27,28)25-17-5-6-17/h3-4,7-12,15,17,25H,5-6,13-14H2,1-2H3/t15-/m0/s1. The molecule has 2 aromatic carbocycles. The van der Waals surface area contributed by atoms with E-state index in [0.717, 1.165) is 53.2 Å². The first-order valence-electron chi connectivity index (χ1n) is 10.4. The Morgan fingerprint density at radius 2 is 1.81 bits per heavy atom. The summed E-state index contributed by atoms with van der Waals surface area (Å²) in [6.45, 7) is 2.53. The summed E-state index contributed by atoms with van der Waals surface area (Å²) in [6, 6.07) is 14.8. The van der Waals surface area contributed by atoms with Crippen LogP contribution in [-0.4, -0.2) is 37.5 Å². The molecule has 0 saturated heterocycles. The van der Waals surface area contributed by atoms with E-state index in [4.69, 9.17) is 14.6 Å². The van der Waals surface area contributed by atoms with E-state index in [-0.39, 0.29) is 17.0 Å². The van der Waals surface area contributed by atoms with Gasteiger partial charge in [0.05, 0.1) is 41.8 Å². The van der Waals surface area contributed by atoms with Crippen molar-refractivity contribution < 1.29 is 17.9 Å². The molecular formula is C23H25N3O4S. The highest BCUT2D eigenvalue weighted by Crippen LogP contribution is 2.33. The Morgan fingerprint density at radius 3 is 2.45 bits per heavy atom. The van der Waals surface area contributed by atoms with E-state index in [9.17, 15) is 8.42 Å². The Hall–Kier alpha value is -2.68. The summed E-state index contributed by atoms with van der Waals surface area (Å²) in [4.78, 5) is 0.275. The van der Waals surface area contributed by atoms with Crippen LogP contribution in [0.4, 0.5) is 0 Å². The van der Waals surface area contributed by atoms with Gasteiger partial charge < -0.3 is 9.47 Å². The zero-order chi connectivity index (χ0) is 21.6. The summed E-state index contributed by atoms with van der Waals surface area (Å²) in [5.41, 5.74) is 4.79. The van der Waals surface area contributed by atoms with Gasteiger partial charge in [0, 0.05) is 23.6 Å². The predicted molar refractivity (Wildman–Crippen MR) is 117 cm³/mol. The van der Waals surface area contributed by atoms with Crippen LogP contribution in [0.15, 0.2) is 53.4 Å². The molecule has 0 bridgehead atoms. The fraction of sp³-hybridized carbons (Fsp3) is 0.348. The number of ether oxygens (including phenoxy) is 2. The molecule has 0 radical (unpaired) electrons. The van der Waals surface area contributed by atoms with E-state index in [0.29, 0.717) is 6.61 Å². The van der Waals surface area contributed by atoms with E-state index < -0.39 is 10.0 Å². The van der Waals surface area contributed by atoms with Crippen LogP contribution in [0.3, 0.4) is 0 Å². The van der Waals surface area contributed by atoms with E-state index in [1.807, 2.05) is 41.1 Å². The lowest BCUT2D eigenvalue weighted by molar-refractivity contribution is 0.0401. The number of nitrogens with one attached hydrogen (secondary N) is 1. The molecule has 1 aromatic heterocycles. The zero-order valence-electron chi connectivity index (χ0n) is 17.5. The number of hydrogen-bond acceptors (Lipinski definition) is 5. The van der Waals surface area contributed by atoms with Gasteiger partial charge in [-0.3, -0.25) is 0 Å². The molecule has 0 unspecified atom stereocenters. The second-order valence-corrected chi connectivity index (χ2v) is 9.84. The maximum Gasteiger partial charge on any atom is 0.240 e. The highest BCUT2D eigenvalue weighted by atomic mass is 32.2. The van der Waals surface area contributed by atoms with Crippen LogP contribution >= 0.6 is 0 Å². The number of methoxy groups -OCH3 is 1. The first-order chi connectivity index (χ1) is 14.9. The molecule has 1 aliphatic carbocycles. The maximum atomic E-state index is 12.5. The molecule has 1 aliphatic heterocycles. The van der Waals surface area contributed by atoms with Gasteiger partial charge in [-0.1, -0.05) is 12.1 Å². The Bertz CT molecular complexity index is 1200. The van der Waals surface area contributed by atoms with Gasteiger partial charge in [0.15, 0.2) is 0 Å². The van der Waals surface area contributed by atoms with Crippen molar-refractivity contribution in [2.24, 2.45) is 0 Å². The van der Waals surface area contributed by atoms with Crippen LogP contribution in [0.1, 0.15) is 31.0 Å². The Kier molecular flexibility index (Phi) is 5.08. The second kappa shape index (κ2) is 7.78. The normalized spacial score (nSPS) is 18.6. The number of nitrogens with zero attached hydrogens (tertiary/aromatic N) is 2. The van der Waals surface area contributed by atoms with Crippen molar-refractivity contribution >= 4 is 10.0 Å². The number of rotatable bonds is 6. The van der Waals surface area contributed by atoms with Crippen molar-refractivity contribution in [3.05, 3.63) is 59.8 Å². The topological polar surface area (TPSA) is 82.5 Å². The van der Waals surface area contributed by atoms with Crippen molar-refractivity contribution in [1.29, 1.82) is 0 Å². The predicted octanol–water partition coefficient (Wildman–Crippen LogP) is 3.45. The molecule has 31 heavy (non-hydrogen) atoms. The molecule has 3 aromatic rings. The Labute approximate surface area is 182 Å². The van der Waals surface area contributed by atoms with Crippen molar-refractivity contribution in [3.8, 4) is 22.7 Å². The smallest absolute Gasteiger partial charge is 0.240 e. The van der Waals surface area contributed by atoms with Crippen LogP contribution in [0.2, 0.25) is 0 Å². The molecule has 0 amide bonds. The maximum absolute atomic E-state index is 12.5. The summed E-state index contributed by atoms with van der Waals surface area (Å²) < 4.78 is 40.8. The van der Waals surface area contributed by atoms with Crippen LogP contribution in [0.25, 0.3) is 16.9 Å². The first kappa shape index (κ1) is 20.2. The molecule has 1 atom stereocenters. The van der Waals surface area contributed by atoms with Crippen molar-refractivity contribution in [1.82, 2.24) is 14.5 Å². The molecule has 5 rings (SSSR count). The highest BCUT2D eigenvalue weighted by molar-refractivity contribution is 7.89. The zero-order valence-corrected chi connectivity index (χ0v) is 18.4. The number of hydrogen-bond donors (Lipinski definition) is 1. The lowest BCUT2D eigenvalue weighted by Gasteiger charge is -2.21. The number of benzene rings is 2. The number of fused-ring (bicyclic) bond motifs is 1. The average Bonchev–Trinajstić information content (AvgIpc) is 3.50. The third-order valence-electron chi connectivity index (χ3n) is 5.74. The van der Waals surface area contributed by atoms with E-state index >= 15 is 0 Å². The van der Waals surface area contributed by atoms with Gasteiger partial charge in [-0.15, -0.1) is 0 Å². The molecule has 7 nitrogen and oxygen atoms in total. The van der Waals surface area contributed by atoms with Crippen molar-refractivity contribution in [2.45, 2.75) is 49.8 Å². The van der Waals surface area contributed by atoms with Gasteiger partial charge in [0.25, 0.3) is 0 Å². The van der Waals surface area contributed by atoms with Crippen LogP contribution in [0.5, 0.6) is 5.75 Å². The monoisotopic (exact) mass is 439 g/mol. The summed E-state index contributed by atoms with van der Waals surface area (Å²) >= 11 is 0. The molecular weight excluding hydrogens is 414 g/mol. The summed E-state index contributed by atoms with van der Waals surface area (Å²) in [6.07, 6.45) is 2.68. The van der Waals surface area contributed by atoms with Gasteiger partial charge in [0.1, 0.15) is 5.75 Å². The van der Waals surface area contributed by atoms with Crippen molar-refractivity contribution in [3.63, 3.8) is 0 Å². The van der Waals surface area contributed by atoms with E-state index in [2.05, 4.69) is 11.6 Å². The summed E-state index contributed by atoms with van der Waals surface area (Å²) in [5, 5.41) is 4.90. The lowest BCUT2D eigenvalue weighted by Crippen LogP contribution is -2.25. The van der Waals surface area contributed by atoms with Crippen LogP contribution in [-0.2, 0) is 27.8 Å². The van der Waals surface area contributed by atoms with Gasteiger partial charge in [-0.25, -0.2) is 17.8 Å². The Balaban J connectivity index is 1.53.